The minimum Gasteiger partial charge on any atom is -0.763 e. The molecule has 8 heavy (non-hydrogen) atoms. The van der Waals surface area contributed by atoms with Gasteiger partial charge in [-0.15, -0.1) is 11.6 Å². The summed E-state index contributed by atoms with van der Waals surface area (Å²) in [5.41, 5.74) is 0. The number of nitrogens with one attached hydrogen (secondary N) is 1. The van der Waals surface area contributed by atoms with Crippen molar-refractivity contribution < 1.29 is 34.4 Å². The molecule has 0 saturated heterocycles. The Morgan fingerprint density at radius 2 is 2.12 bits per heavy atom. The minimum absolute atomic E-state index is 0. The van der Waals surface area contributed by atoms with Gasteiger partial charge >= 0.3 is 29.6 Å². The zero-order valence-corrected chi connectivity index (χ0v) is 7.84. The van der Waals surface area contributed by atoms with Gasteiger partial charge in [-0.3, -0.25) is 4.79 Å². The van der Waals surface area contributed by atoms with E-state index in [2.05, 4.69) is 24.5 Å². The average Bonchev–Trinajstić information content (AvgIpc) is 1.27. The summed E-state index contributed by atoms with van der Waals surface area (Å²) >= 11 is 4.43. The van der Waals surface area contributed by atoms with E-state index >= 15 is 0 Å². The van der Waals surface area contributed by atoms with Crippen molar-refractivity contribution in [2.24, 2.45) is 0 Å². The second-order valence-corrected chi connectivity index (χ2v) is 1.60. The van der Waals surface area contributed by atoms with Gasteiger partial charge in [-0.05, 0) is 0 Å². The molecule has 0 heterocycles. The quantitative estimate of drug-likeness (QED) is 0.313. The van der Waals surface area contributed by atoms with Gasteiger partial charge in [-0.2, -0.15) is 0 Å². The molecule has 0 radical (unpaired) electrons. The van der Waals surface area contributed by atoms with Crippen LogP contribution in [0, 0.1) is 0 Å². The van der Waals surface area contributed by atoms with Gasteiger partial charge in [0.2, 0.25) is 5.91 Å². The molecule has 1 amide bonds. The Labute approximate surface area is 76.4 Å². The Hall–Kier alpha value is 0.430. The molecule has 2 nitrogen and oxygen atoms in total. The van der Waals surface area contributed by atoms with E-state index in [9.17, 15) is 4.79 Å². The molecule has 0 aliphatic heterocycles. The van der Waals surface area contributed by atoms with E-state index in [1.165, 1.54) is 6.92 Å². The molecule has 0 atom stereocenters. The van der Waals surface area contributed by atoms with Crippen molar-refractivity contribution in [1.29, 1.82) is 0 Å². The second-order valence-electron chi connectivity index (χ2n) is 1.10. The molecular weight excluding hydrogens is 133 g/mol. The Kier molecular flexibility index (Phi) is 7.83. The normalized spacial score (nSPS) is 6.62. The molecule has 0 saturated carbocycles. The second kappa shape index (κ2) is 5.56. The largest absolute Gasteiger partial charge is 1.00 e. The molecule has 0 bridgehead atoms. The molecule has 0 spiro atoms. The summed E-state index contributed by atoms with van der Waals surface area (Å²) in [5, 5.41) is 2.56. The number of hydrogen-bond donors (Lipinski definition) is 1. The van der Waals surface area contributed by atoms with Gasteiger partial charge in [-0.1, -0.05) is 0 Å². The molecule has 0 fully saturated rings. The zero-order valence-electron chi connectivity index (χ0n) is 5.02. The van der Waals surface area contributed by atoms with Crippen LogP contribution in [0.4, 0.5) is 0 Å². The van der Waals surface area contributed by atoms with E-state index in [4.69, 9.17) is 0 Å². The van der Waals surface area contributed by atoms with Crippen molar-refractivity contribution in [1.82, 2.24) is 5.32 Å². The van der Waals surface area contributed by atoms with Gasteiger partial charge < -0.3 is 17.9 Å². The molecule has 0 aliphatic rings. The maximum atomic E-state index is 10.0. The number of hydrogen-bond acceptors (Lipinski definition) is 2. The number of carbonyl (C=O) groups excluding carboxylic acids is 1. The monoisotopic (exact) mass is 139 g/mol. The summed E-state index contributed by atoms with van der Waals surface area (Å²) < 4.78 is 0. The third kappa shape index (κ3) is 9.66. The van der Waals surface area contributed by atoms with Crippen molar-refractivity contribution in [2.45, 2.75) is 6.92 Å². The summed E-state index contributed by atoms with van der Waals surface area (Å²) in [7, 11) is 0. The first-order valence-electron chi connectivity index (χ1n) is 1.76. The van der Waals surface area contributed by atoms with E-state index in [1.807, 2.05) is 0 Å². The van der Waals surface area contributed by atoms with Crippen LogP contribution in [0.1, 0.15) is 6.92 Å². The van der Waals surface area contributed by atoms with Crippen LogP contribution in [0.2, 0.25) is 0 Å². The van der Waals surface area contributed by atoms with E-state index in [-0.39, 0.29) is 40.5 Å². The Bertz CT molecular complexity index is 92.2. The Morgan fingerprint density at radius 1 is 1.75 bits per heavy atom. The van der Waals surface area contributed by atoms with Gasteiger partial charge in [0.05, 0.1) is 0 Å². The fourth-order valence-electron chi connectivity index (χ4n) is 0.196. The Balaban J connectivity index is 0. The molecule has 0 rings (SSSR count). The van der Waals surface area contributed by atoms with Crippen molar-refractivity contribution in [3.05, 3.63) is 11.6 Å². The summed E-state index contributed by atoms with van der Waals surface area (Å²) in [5.74, 6) is -0.167. The van der Waals surface area contributed by atoms with Crippen molar-refractivity contribution in [3.8, 4) is 0 Å². The SMILES string of the molecule is C=C([S-])NC(C)=O.[Na+]. The summed E-state index contributed by atoms with van der Waals surface area (Å²) in [6, 6.07) is 0. The molecular formula is C4H6NNaOS. The molecule has 0 aromatic carbocycles. The molecule has 0 aromatic rings. The Morgan fingerprint density at radius 3 is 2.12 bits per heavy atom. The van der Waals surface area contributed by atoms with Gasteiger partial charge in [0.25, 0.3) is 0 Å². The fourth-order valence-corrected chi connectivity index (χ4v) is 0.340. The predicted molar refractivity (Wildman–Crippen MR) is 30.3 cm³/mol. The third-order valence-corrected chi connectivity index (χ3v) is 0.418. The van der Waals surface area contributed by atoms with E-state index in [0.717, 1.165) is 0 Å². The van der Waals surface area contributed by atoms with Crippen molar-refractivity contribution in [3.63, 3.8) is 0 Å². The molecule has 4 heteroatoms. The van der Waals surface area contributed by atoms with E-state index < -0.39 is 0 Å². The maximum Gasteiger partial charge on any atom is 1.00 e. The molecule has 1 N–H and O–H groups in total. The fraction of sp³-hybridized carbons (Fsp3) is 0.250. The molecule has 40 valence electrons. The van der Waals surface area contributed by atoms with E-state index in [1.54, 1.807) is 0 Å². The van der Waals surface area contributed by atoms with Crippen LogP contribution < -0.4 is 34.9 Å². The molecule has 0 aromatic heterocycles. The number of carbonyl (C=O) groups is 1. The van der Waals surface area contributed by atoms with Crippen LogP contribution in [0.5, 0.6) is 0 Å². The predicted octanol–water partition coefficient (Wildman–Crippen LogP) is -2.86. The third-order valence-electron chi connectivity index (χ3n) is 0.315. The maximum absolute atomic E-state index is 10.0. The molecule has 0 unspecified atom stereocenters. The zero-order chi connectivity index (χ0) is 5.86. The standard InChI is InChI=1S/C4H7NOS.Na/c1-3(6)5-4(2)7;/h7H,2H2,1H3,(H,5,6);/q;+1/p-1. The summed E-state index contributed by atoms with van der Waals surface area (Å²) in [4.78, 5) is 10.0. The smallest absolute Gasteiger partial charge is 0.763 e. The molecule has 0 aliphatic carbocycles. The van der Waals surface area contributed by atoms with Gasteiger partial charge in [-0.25, -0.2) is 0 Å². The van der Waals surface area contributed by atoms with Crippen LogP contribution in [-0.2, 0) is 17.4 Å². The van der Waals surface area contributed by atoms with Crippen LogP contribution in [0.15, 0.2) is 11.6 Å². The average molecular weight is 139 g/mol. The minimum atomic E-state index is -0.167. The summed E-state index contributed by atoms with van der Waals surface area (Å²) in [6.07, 6.45) is 0. The van der Waals surface area contributed by atoms with Crippen molar-refractivity contribution in [2.75, 3.05) is 0 Å². The summed E-state index contributed by atoms with van der Waals surface area (Å²) in [6.45, 7) is 4.66. The first-order valence-corrected chi connectivity index (χ1v) is 2.17. The number of amides is 1. The van der Waals surface area contributed by atoms with Gasteiger partial charge in [0, 0.05) is 6.92 Å². The van der Waals surface area contributed by atoms with Crippen LogP contribution in [-0.4, -0.2) is 5.91 Å². The van der Waals surface area contributed by atoms with Crippen LogP contribution in [0.3, 0.4) is 0 Å². The van der Waals surface area contributed by atoms with E-state index in [0.29, 0.717) is 0 Å². The van der Waals surface area contributed by atoms with Gasteiger partial charge in [0.1, 0.15) is 0 Å². The van der Waals surface area contributed by atoms with Gasteiger partial charge in [0.15, 0.2) is 0 Å². The first-order chi connectivity index (χ1) is 3.13. The van der Waals surface area contributed by atoms with Crippen LogP contribution in [0.25, 0.3) is 0 Å². The topological polar surface area (TPSA) is 29.1 Å². The first kappa shape index (κ1) is 11.3. The van der Waals surface area contributed by atoms with Crippen molar-refractivity contribution >= 4 is 18.5 Å². The number of rotatable bonds is 1. The van der Waals surface area contributed by atoms with Crippen LogP contribution >= 0.6 is 0 Å².